The number of nitrogens with zero attached hydrogens (tertiary/aromatic N) is 1. The molecule has 2 heterocycles. The van der Waals surface area contributed by atoms with Gasteiger partial charge in [-0.1, -0.05) is 19.9 Å². The van der Waals surface area contributed by atoms with E-state index in [0.29, 0.717) is 31.2 Å². The van der Waals surface area contributed by atoms with E-state index in [0.717, 1.165) is 5.56 Å². The highest BCUT2D eigenvalue weighted by Gasteiger charge is 2.39. The van der Waals surface area contributed by atoms with Gasteiger partial charge in [-0.05, 0) is 12.0 Å². The first-order valence-corrected chi connectivity index (χ1v) is 6.08. The quantitative estimate of drug-likeness (QED) is 0.820. The number of anilines is 1. The van der Waals surface area contributed by atoms with Crippen molar-refractivity contribution in [2.75, 3.05) is 12.3 Å². The number of rotatable bonds is 2. The zero-order valence-corrected chi connectivity index (χ0v) is 10.4. The van der Waals surface area contributed by atoms with Crippen LogP contribution in [0.2, 0.25) is 0 Å². The average molecular weight is 236 g/mol. The van der Waals surface area contributed by atoms with Crippen LogP contribution in [0.1, 0.15) is 32.3 Å². The summed E-state index contributed by atoms with van der Waals surface area (Å²) in [6, 6.07) is 3.66. The molecule has 1 saturated heterocycles. The monoisotopic (exact) mass is 236 g/mol. The lowest BCUT2D eigenvalue weighted by Crippen LogP contribution is -2.41. The van der Waals surface area contributed by atoms with Gasteiger partial charge in [-0.2, -0.15) is 0 Å². The van der Waals surface area contributed by atoms with Crippen LogP contribution in [0.25, 0.3) is 0 Å². The van der Waals surface area contributed by atoms with E-state index in [-0.39, 0.29) is 6.10 Å². The summed E-state index contributed by atoms with van der Waals surface area (Å²) in [6.07, 6.45) is 2.88. The van der Waals surface area contributed by atoms with Crippen molar-refractivity contribution >= 4 is 5.82 Å². The molecule has 0 radical (unpaired) electrons. The van der Waals surface area contributed by atoms with Crippen LogP contribution in [-0.4, -0.2) is 22.8 Å². The molecule has 0 bridgehead atoms. The fourth-order valence-electron chi connectivity index (χ4n) is 2.36. The van der Waals surface area contributed by atoms with Gasteiger partial charge in [0.15, 0.2) is 0 Å². The van der Waals surface area contributed by atoms with Crippen LogP contribution in [0, 0.1) is 5.92 Å². The minimum absolute atomic E-state index is 0.0772. The molecule has 2 rings (SSSR count). The van der Waals surface area contributed by atoms with Gasteiger partial charge < -0.3 is 15.6 Å². The minimum Gasteiger partial charge on any atom is -0.385 e. The highest BCUT2D eigenvalue weighted by molar-refractivity contribution is 5.43. The molecule has 0 aliphatic carbocycles. The lowest BCUT2D eigenvalue weighted by atomic mass is 9.81. The maximum Gasteiger partial charge on any atom is 0.129 e. The van der Waals surface area contributed by atoms with Crippen LogP contribution >= 0.6 is 0 Å². The molecule has 0 amide bonds. The fraction of sp³-hybridized carbons (Fsp3) is 0.615. The van der Waals surface area contributed by atoms with E-state index >= 15 is 0 Å². The van der Waals surface area contributed by atoms with Crippen LogP contribution in [0.3, 0.4) is 0 Å². The minimum atomic E-state index is -0.897. The summed E-state index contributed by atoms with van der Waals surface area (Å²) in [4.78, 5) is 4.05. The first-order valence-electron chi connectivity index (χ1n) is 6.08. The van der Waals surface area contributed by atoms with Crippen LogP contribution in [0.5, 0.6) is 0 Å². The Morgan fingerprint density at radius 2 is 2.35 bits per heavy atom. The molecule has 0 spiro atoms. The third kappa shape index (κ3) is 2.42. The Hall–Kier alpha value is -1.13. The molecule has 3 N–H and O–H groups in total. The summed E-state index contributed by atoms with van der Waals surface area (Å²) in [5.41, 5.74) is 5.68. The van der Waals surface area contributed by atoms with Crippen molar-refractivity contribution in [1.82, 2.24) is 4.98 Å². The van der Waals surface area contributed by atoms with Gasteiger partial charge in [-0.3, -0.25) is 0 Å². The van der Waals surface area contributed by atoms with E-state index < -0.39 is 5.60 Å². The molecule has 2 atom stereocenters. The second-order valence-electron chi connectivity index (χ2n) is 5.08. The topological polar surface area (TPSA) is 68.4 Å². The van der Waals surface area contributed by atoms with Gasteiger partial charge in [0.1, 0.15) is 5.82 Å². The number of hydrogen-bond donors (Lipinski definition) is 2. The number of pyridine rings is 1. The largest absolute Gasteiger partial charge is 0.385 e. The standard InChI is InChI=1S/C13H20N2O2/c1-9(2)11-8-13(16,5-7-17-11)10-4-3-6-15-12(10)14/h3-4,6,9,11,16H,5,7-8H2,1-2H3,(H2,14,15). The van der Waals surface area contributed by atoms with Crippen molar-refractivity contribution in [3.63, 3.8) is 0 Å². The third-order valence-corrected chi connectivity index (χ3v) is 3.47. The summed E-state index contributed by atoms with van der Waals surface area (Å²) >= 11 is 0. The molecule has 1 aromatic heterocycles. The second-order valence-corrected chi connectivity index (χ2v) is 5.08. The fourth-order valence-corrected chi connectivity index (χ4v) is 2.36. The van der Waals surface area contributed by atoms with Crippen molar-refractivity contribution in [3.05, 3.63) is 23.9 Å². The Morgan fingerprint density at radius 1 is 1.59 bits per heavy atom. The average Bonchev–Trinajstić information content (AvgIpc) is 2.29. The Labute approximate surface area is 102 Å². The Kier molecular flexibility index (Phi) is 3.35. The first kappa shape index (κ1) is 12.3. The molecule has 94 valence electrons. The summed E-state index contributed by atoms with van der Waals surface area (Å²) < 4.78 is 5.67. The number of hydrogen-bond acceptors (Lipinski definition) is 4. The molecule has 4 heteroatoms. The molecule has 1 aliphatic rings. The smallest absolute Gasteiger partial charge is 0.129 e. The van der Waals surface area contributed by atoms with Gasteiger partial charge in [-0.15, -0.1) is 0 Å². The van der Waals surface area contributed by atoms with Crippen LogP contribution in [0.15, 0.2) is 18.3 Å². The van der Waals surface area contributed by atoms with Gasteiger partial charge in [0.2, 0.25) is 0 Å². The van der Waals surface area contributed by atoms with Crippen LogP contribution in [0.4, 0.5) is 5.82 Å². The van der Waals surface area contributed by atoms with Crippen molar-refractivity contribution in [2.45, 2.75) is 38.4 Å². The summed E-state index contributed by atoms with van der Waals surface area (Å²) in [7, 11) is 0. The van der Waals surface area contributed by atoms with E-state index in [2.05, 4.69) is 18.8 Å². The second kappa shape index (κ2) is 4.63. The lowest BCUT2D eigenvalue weighted by molar-refractivity contribution is -0.121. The van der Waals surface area contributed by atoms with Gasteiger partial charge in [0.05, 0.1) is 18.3 Å². The number of aromatic nitrogens is 1. The molecule has 1 fully saturated rings. The highest BCUT2D eigenvalue weighted by atomic mass is 16.5. The first-order chi connectivity index (χ1) is 8.03. The molecular formula is C13H20N2O2. The Balaban J connectivity index is 2.27. The molecular weight excluding hydrogens is 216 g/mol. The van der Waals surface area contributed by atoms with Gasteiger partial charge >= 0.3 is 0 Å². The maximum absolute atomic E-state index is 10.7. The number of ether oxygens (including phenoxy) is 1. The van der Waals surface area contributed by atoms with Crippen molar-refractivity contribution in [1.29, 1.82) is 0 Å². The summed E-state index contributed by atoms with van der Waals surface area (Å²) in [6.45, 7) is 4.76. The van der Waals surface area contributed by atoms with E-state index in [1.807, 2.05) is 12.1 Å². The molecule has 4 nitrogen and oxygen atoms in total. The van der Waals surface area contributed by atoms with E-state index in [1.165, 1.54) is 0 Å². The van der Waals surface area contributed by atoms with Crippen LogP contribution < -0.4 is 5.73 Å². The number of aliphatic hydroxyl groups is 1. The SMILES string of the molecule is CC(C)C1CC(O)(c2cccnc2N)CCO1. The lowest BCUT2D eigenvalue weighted by Gasteiger charge is -2.39. The highest BCUT2D eigenvalue weighted by Crippen LogP contribution is 2.38. The van der Waals surface area contributed by atoms with Gasteiger partial charge in [0, 0.05) is 24.6 Å². The molecule has 1 aliphatic heterocycles. The Bertz CT molecular complexity index is 395. The number of nitrogen functional groups attached to an aromatic ring is 1. The summed E-state index contributed by atoms with van der Waals surface area (Å²) in [5, 5.41) is 10.7. The van der Waals surface area contributed by atoms with Gasteiger partial charge in [0.25, 0.3) is 0 Å². The van der Waals surface area contributed by atoms with E-state index in [1.54, 1.807) is 6.20 Å². The molecule has 1 aromatic rings. The molecule has 2 unspecified atom stereocenters. The van der Waals surface area contributed by atoms with Gasteiger partial charge in [-0.25, -0.2) is 4.98 Å². The van der Waals surface area contributed by atoms with E-state index in [4.69, 9.17) is 10.5 Å². The Morgan fingerprint density at radius 3 is 3.00 bits per heavy atom. The maximum atomic E-state index is 10.7. The molecule has 0 saturated carbocycles. The zero-order valence-electron chi connectivity index (χ0n) is 10.4. The molecule has 17 heavy (non-hydrogen) atoms. The van der Waals surface area contributed by atoms with Crippen molar-refractivity contribution in [2.24, 2.45) is 5.92 Å². The van der Waals surface area contributed by atoms with Crippen molar-refractivity contribution < 1.29 is 9.84 Å². The number of nitrogens with two attached hydrogens (primary N) is 1. The third-order valence-electron chi connectivity index (χ3n) is 3.47. The summed E-state index contributed by atoms with van der Waals surface area (Å²) in [5.74, 6) is 0.805. The predicted molar refractivity (Wildman–Crippen MR) is 66.4 cm³/mol. The van der Waals surface area contributed by atoms with Crippen LogP contribution in [-0.2, 0) is 10.3 Å². The zero-order chi connectivity index (χ0) is 12.5. The van der Waals surface area contributed by atoms with Crippen molar-refractivity contribution in [3.8, 4) is 0 Å². The van der Waals surface area contributed by atoms with E-state index in [9.17, 15) is 5.11 Å². The molecule has 0 aromatic carbocycles. The normalized spacial score (nSPS) is 29.5. The predicted octanol–water partition coefficient (Wildman–Crippen LogP) is 1.69.